The Morgan fingerprint density at radius 3 is 1.76 bits per heavy atom. The van der Waals surface area contributed by atoms with Gasteiger partial charge in [-0.1, -0.05) is 55.8 Å². The van der Waals surface area contributed by atoms with E-state index in [-0.39, 0.29) is 13.1 Å². The van der Waals surface area contributed by atoms with Crippen molar-refractivity contribution in [3.63, 3.8) is 0 Å². The van der Waals surface area contributed by atoms with Crippen LogP contribution in [0.3, 0.4) is 0 Å². The minimum absolute atomic E-state index is 0.194. The number of rotatable bonds is 6. The molecule has 1 aromatic heterocycles. The van der Waals surface area contributed by atoms with Crippen molar-refractivity contribution in [2.24, 2.45) is 9.98 Å². The van der Waals surface area contributed by atoms with Gasteiger partial charge in [-0.15, -0.1) is 0 Å². The van der Waals surface area contributed by atoms with Crippen LogP contribution in [0.15, 0.2) is 58.5 Å². The first kappa shape index (κ1) is 28.6. The van der Waals surface area contributed by atoms with Crippen molar-refractivity contribution in [1.82, 2.24) is 4.98 Å². The van der Waals surface area contributed by atoms with Crippen LogP contribution >= 0.6 is 31.8 Å². The van der Waals surface area contributed by atoms with Gasteiger partial charge in [0.25, 0.3) is 0 Å². The quantitative estimate of drug-likeness (QED) is 0.220. The second-order valence-electron chi connectivity index (χ2n) is 7.90. The van der Waals surface area contributed by atoms with Crippen molar-refractivity contribution in [2.75, 3.05) is 0 Å². The SMILES string of the molecule is CCc1cccc(CC)c1N=C(C)c1cccc(C(C)=Nc2c(C)cc(C)cc2Cl)n1.[Cl][Fe][Cl]. The maximum absolute atomic E-state index is 6.45. The molecule has 0 aliphatic heterocycles. The number of hydrogen-bond acceptors (Lipinski definition) is 3. The summed E-state index contributed by atoms with van der Waals surface area (Å²) in [4.78, 5) is 14.6. The molecule has 0 amide bonds. The van der Waals surface area contributed by atoms with Crippen LogP contribution in [0.25, 0.3) is 0 Å². The molecule has 0 atom stereocenters. The van der Waals surface area contributed by atoms with E-state index in [0.717, 1.165) is 58.2 Å². The Kier molecular flexibility index (Phi) is 11.8. The fourth-order valence-corrected chi connectivity index (χ4v) is 4.06. The first-order chi connectivity index (χ1) is 16.2. The normalized spacial score (nSPS) is 11.9. The minimum atomic E-state index is 0.194. The number of benzene rings is 2. The summed E-state index contributed by atoms with van der Waals surface area (Å²) >= 11 is 6.64. The van der Waals surface area contributed by atoms with Gasteiger partial charge in [0.05, 0.1) is 39.2 Å². The molecule has 0 unspecified atom stereocenters. The van der Waals surface area contributed by atoms with E-state index in [4.69, 9.17) is 46.8 Å². The van der Waals surface area contributed by atoms with E-state index in [9.17, 15) is 0 Å². The van der Waals surface area contributed by atoms with Crippen molar-refractivity contribution in [1.29, 1.82) is 0 Å². The summed E-state index contributed by atoms with van der Waals surface area (Å²) in [6.45, 7) is 12.4. The van der Waals surface area contributed by atoms with Gasteiger partial charge in [0.1, 0.15) is 0 Å². The summed E-state index contributed by atoms with van der Waals surface area (Å²) in [5, 5.41) is 0.661. The Balaban J connectivity index is 0.00000129. The number of aryl methyl sites for hydroxylation is 4. The molecule has 3 rings (SSSR count). The van der Waals surface area contributed by atoms with Gasteiger partial charge in [0.15, 0.2) is 0 Å². The molecule has 34 heavy (non-hydrogen) atoms. The molecular weight excluding hydrogens is 529 g/mol. The Morgan fingerprint density at radius 2 is 1.29 bits per heavy atom. The number of para-hydroxylation sites is 1. The molecule has 0 fully saturated rings. The van der Waals surface area contributed by atoms with Crippen molar-refractivity contribution >= 4 is 54.6 Å². The zero-order chi connectivity index (χ0) is 25.3. The van der Waals surface area contributed by atoms with E-state index < -0.39 is 0 Å². The van der Waals surface area contributed by atoms with Crippen LogP contribution in [0.4, 0.5) is 11.4 Å². The van der Waals surface area contributed by atoms with Crippen LogP contribution in [-0.2, 0) is 26.0 Å². The van der Waals surface area contributed by atoms with Gasteiger partial charge in [0.2, 0.25) is 0 Å². The molecule has 3 nitrogen and oxygen atoms in total. The van der Waals surface area contributed by atoms with Crippen LogP contribution in [0.5, 0.6) is 0 Å². The molecule has 0 bridgehead atoms. The summed E-state index contributed by atoms with van der Waals surface area (Å²) in [5.74, 6) is 0. The molecule has 3 aromatic rings. The van der Waals surface area contributed by atoms with Gasteiger partial charge in [-0.05, 0) is 81.0 Å². The van der Waals surface area contributed by atoms with E-state index >= 15 is 0 Å². The standard InChI is InChI=1S/C27H30ClN3.2ClH.Fe/c1-7-21-11-9-12-22(8-2)27(21)30-20(6)25-14-10-13-24(31-25)19(5)29-26-18(4)15-17(3)16-23(26)28;;;/h9-16H,7-8H2,1-6H3;2*1H;/q;;;+2/p-2. The van der Waals surface area contributed by atoms with Crippen LogP contribution < -0.4 is 0 Å². The first-order valence-corrected chi connectivity index (χ1v) is 14.5. The summed E-state index contributed by atoms with van der Waals surface area (Å²) < 4.78 is 0. The zero-order valence-corrected chi connectivity index (χ0v) is 23.7. The van der Waals surface area contributed by atoms with Gasteiger partial charge < -0.3 is 0 Å². The predicted molar refractivity (Wildman–Crippen MR) is 146 cm³/mol. The summed E-state index contributed by atoms with van der Waals surface area (Å²) in [6.07, 6.45) is 1.91. The number of nitrogens with zero attached hydrogens (tertiary/aromatic N) is 3. The molecular formula is C27H30Cl3FeN3. The molecule has 182 valence electrons. The van der Waals surface area contributed by atoms with Gasteiger partial charge in [0, 0.05) is 0 Å². The third-order valence-electron chi connectivity index (χ3n) is 5.41. The number of aliphatic imine (C=N–C) groups is 2. The Morgan fingerprint density at radius 1 is 0.824 bits per heavy atom. The molecule has 0 N–H and O–H groups in total. The third-order valence-corrected chi connectivity index (χ3v) is 5.70. The Bertz CT molecular complexity index is 1140. The van der Waals surface area contributed by atoms with E-state index in [1.807, 2.05) is 52.0 Å². The number of pyridine rings is 1. The van der Waals surface area contributed by atoms with Gasteiger partial charge >= 0.3 is 33.3 Å². The Hall–Kier alpha value is -1.68. The molecule has 0 saturated carbocycles. The second-order valence-corrected chi connectivity index (χ2v) is 10.1. The molecule has 2 aromatic carbocycles. The molecule has 0 spiro atoms. The number of aromatic nitrogens is 1. The van der Waals surface area contributed by atoms with E-state index in [0.29, 0.717) is 5.02 Å². The fourth-order valence-electron chi connectivity index (χ4n) is 3.70. The maximum atomic E-state index is 6.45. The van der Waals surface area contributed by atoms with Crippen molar-refractivity contribution in [3.05, 3.63) is 87.2 Å². The van der Waals surface area contributed by atoms with Crippen LogP contribution in [-0.4, -0.2) is 16.4 Å². The molecule has 0 aliphatic rings. The first-order valence-electron chi connectivity index (χ1n) is 11.1. The molecule has 1 heterocycles. The van der Waals surface area contributed by atoms with E-state index in [2.05, 4.69) is 38.1 Å². The molecule has 0 aliphatic carbocycles. The van der Waals surface area contributed by atoms with Gasteiger partial charge in [-0.25, -0.2) is 9.98 Å². The van der Waals surface area contributed by atoms with E-state index in [1.54, 1.807) is 0 Å². The van der Waals surface area contributed by atoms with E-state index in [1.165, 1.54) is 11.1 Å². The Labute approximate surface area is 223 Å². The molecule has 0 radical (unpaired) electrons. The van der Waals surface area contributed by atoms with Gasteiger partial charge in [-0.3, -0.25) is 4.99 Å². The van der Waals surface area contributed by atoms with Crippen molar-refractivity contribution in [2.45, 2.75) is 54.4 Å². The third kappa shape index (κ3) is 7.66. The second kappa shape index (κ2) is 14.0. The summed E-state index contributed by atoms with van der Waals surface area (Å²) in [5.41, 5.74) is 9.98. The van der Waals surface area contributed by atoms with Crippen LogP contribution in [0.2, 0.25) is 5.02 Å². The average molecular weight is 559 g/mol. The summed E-state index contributed by atoms with van der Waals surface area (Å²) in [7, 11) is 9.53. The van der Waals surface area contributed by atoms with Crippen LogP contribution in [0.1, 0.15) is 61.3 Å². The average Bonchev–Trinajstić information content (AvgIpc) is 2.81. The fraction of sp³-hybridized carbons (Fsp3) is 0.296. The number of halogens is 3. The van der Waals surface area contributed by atoms with Crippen LogP contribution in [0, 0.1) is 13.8 Å². The summed E-state index contributed by atoms with van der Waals surface area (Å²) in [6, 6.07) is 16.4. The molecule has 7 heteroatoms. The predicted octanol–water partition coefficient (Wildman–Crippen LogP) is 9.13. The number of hydrogen-bond donors (Lipinski definition) is 0. The zero-order valence-electron chi connectivity index (χ0n) is 20.4. The monoisotopic (exact) mass is 557 g/mol. The van der Waals surface area contributed by atoms with Crippen molar-refractivity contribution in [3.8, 4) is 0 Å². The van der Waals surface area contributed by atoms with Gasteiger partial charge in [-0.2, -0.15) is 0 Å². The van der Waals surface area contributed by atoms with Crippen molar-refractivity contribution < 1.29 is 13.1 Å². The molecule has 0 saturated heterocycles. The topological polar surface area (TPSA) is 37.6 Å².